The normalized spacial score (nSPS) is 15.3. The molecular weight excluding hydrogens is 386 g/mol. The number of carbonyl (C=O) groups excluding carboxylic acids is 2. The van der Waals surface area contributed by atoms with Gasteiger partial charge in [0.25, 0.3) is 5.91 Å². The number of nitrogens with zero attached hydrogens (tertiary/aromatic N) is 2. The molecule has 1 saturated heterocycles. The van der Waals surface area contributed by atoms with Gasteiger partial charge in [0.2, 0.25) is 5.91 Å². The molecule has 3 aromatic rings. The van der Waals surface area contributed by atoms with E-state index in [0.29, 0.717) is 17.2 Å². The molecule has 1 N–H and O–H groups in total. The predicted octanol–water partition coefficient (Wildman–Crippen LogP) is 3.44. The summed E-state index contributed by atoms with van der Waals surface area (Å²) < 4.78 is 6.30. The predicted molar refractivity (Wildman–Crippen MR) is 114 cm³/mol. The van der Waals surface area contributed by atoms with Crippen LogP contribution in [0, 0.1) is 0 Å². The number of para-hydroxylation sites is 1. The van der Waals surface area contributed by atoms with Crippen LogP contribution >= 0.6 is 11.3 Å². The fourth-order valence-electron chi connectivity index (χ4n) is 3.59. The Balaban J connectivity index is 1.27. The van der Waals surface area contributed by atoms with E-state index in [1.807, 2.05) is 12.1 Å². The molecule has 0 spiro atoms. The summed E-state index contributed by atoms with van der Waals surface area (Å²) in [6, 6.07) is 14.9. The molecule has 1 aromatic heterocycles. The number of methoxy groups -OCH3 is 1. The van der Waals surface area contributed by atoms with Crippen LogP contribution in [-0.2, 0) is 4.79 Å². The molecule has 0 unspecified atom stereocenters. The van der Waals surface area contributed by atoms with Gasteiger partial charge in [-0.2, -0.15) is 0 Å². The summed E-state index contributed by atoms with van der Waals surface area (Å²) in [6.07, 6.45) is 1.94. The topological polar surface area (TPSA) is 71.5 Å². The number of hydrogen-bond donors (Lipinski definition) is 1. The molecule has 0 aliphatic carbocycles. The number of hydrogen-bond acceptors (Lipinski definition) is 6. The molecule has 4 rings (SSSR count). The highest BCUT2D eigenvalue weighted by Crippen LogP contribution is 2.33. The van der Waals surface area contributed by atoms with Crippen molar-refractivity contribution in [1.82, 2.24) is 15.2 Å². The van der Waals surface area contributed by atoms with Crippen molar-refractivity contribution < 1.29 is 14.3 Å². The van der Waals surface area contributed by atoms with Gasteiger partial charge in [-0.3, -0.25) is 19.8 Å². The second-order valence-corrected chi connectivity index (χ2v) is 8.24. The number of piperidine rings is 1. The first kappa shape index (κ1) is 19.5. The van der Waals surface area contributed by atoms with E-state index in [4.69, 9.17) is 9.72 Å². The monoisotopic (exact) mass is 409 g/mol. The van der Waals surface area contributed by atoms with E-state index in [1.54, 1.807) is 42.7 Å². The van der Waals surface area contributed by atoms with E-state index >= 15 is 0 Å². The SMILES string of the molecule is COc1ccc(C(=O)NC(=O)CN2CCC(c3nc4ccccc4s3)CC2)cc1. The third kappa shape index (κ3) is 4.63. The summed E-state index contributed by atoms with van der Waals surface area (Å²) in [5, 5.41) is 3.66. The van der Waals surface area contributed by atoms with E-state index in [0.717, 1.165) is 31.4 Å². The molecular formula is C22H23N3O3S. The van der Waals surface area contributed by atoms with E-state index < -0.39 is 0 Å². The van der Waals surface area contributed by atoms with Gasteiger partial charge in [0.15, 0.2) is 0 Å². The maximum atomic E-state index is 12.3. The van der Waals surface area contributed by atoms with Gasteiger partial charge in [-0.1, -0.05) is 12.1 Å². The van der Waals surface area contributed by atoms with Crippen molar-refractivity contribution in [3.05, 3.63) is 59.1 Å². The highest BCUT2D eigenvalue weighted by atomic mass is 32.1. The molecule has 7 heteroatoms. The molecule has 2 aromatic carbocycles. The number of ether oxygens (including phenoxy) is 1. The standard InChI is InChI=1S/C22H23N3O3S/c1-28-17-8-6-15(7-9-17)21(27)24-20(26)14-25-12-10-16(11-13-25)22-23-18-4-2-3-5-19(18)29-22/h2-9,16H,10-14H2,1H3,(H,24,26,27). The Kier molecular flexibility index (Phi) is 5.87. The van der Waals surface area contributed by atoms with Crippen LogP contribution in [0.2, 0.25) is 0 Å². The Morgan fingerprint density at radius 1 is 1.14 bits per heavy atom. The molecule has 2 amide bonds. The summed E-state index contributed by atoms with van der Waals surface area (Å²) in [5.41, 5.74) is 1.50. The van der Waals surface area contributed by atoms with Crippen molar-refractivity contribution in [3.8, 4) is 5.75 Å². The van der Waals surface area contributed by atoms with Crippen LogP contribution in [0.15, 0.2) is 48.5 Å². The molecule has 1 fully saturated rings. The maximum Gasteiger partial charge on any atom is 0.257 e. The Bertz CT molecular complexity index is 975. The molecule has 29 heavy (non-hydrogen) atoms. The van der Waals surface area contributed by atoms with Crippen LogP contribution in [0.1, 0.15) is 34.1 Å². The highest BCUT2D eigenvalue weighted by Gasteiger charge is 2.25. The van der Waals surface area contributed by atoms with Gasteiger partial charge in [0.1, 0.15) is 5.75 Å². The smallest absolute Gasteiger partial charge is 0.257 e. The summed E-state index contributed by atoms with van der Waals surface area (Å²) >= 11 is 1.77. The first-order valence-electron chi connectivity index (χ1n) is 9.68. The molecule has 0 atom stereocenters. The number of likely N-dealkylation sites (tertiary alicyclic amines) is 1. The molecule has 0 radical (unpaired) electrons. The van der Waals surface area contributed by atoms with Gasteiger partial charge in [-0.25, -0.2) is 4.98 Å². The molecule has 0 bridgehead atoms. The van der Waals surface area contributed by atoms with Crippen molar-refractivity contribution >= 4 is 33.4 Å². The fraction of sp³-hybridized carbons (Fsp3) is 0.318. The van der Waals surface area contributed by atoms with Crippen LogP contribution in [-0.4, -0.2) is 48.4 Å². The van der Waals surface area contributed by atoms with Crippen LogP contribution in [0.4, 0.5) is 0 Å². The van der Waals surface area contributed by atoms with Gasteiger partial charge < -0.3 is 4.74 Å². The lowest BCUT2D eigenvalue weighted by atomic mass is 9.97. The number of nitrogens with one attached hydrogen (secondary N) is 1. The van der Waals surface area contributed by atoms with E-state index in [-0.39, 0.29) is 18.4 Å². The molecule has 2 heterocycles. The van der Waals surface area contributed by atoms with Gasteiger partial charge in [0.05, 0.1) is 28.9 Å². The average molecular weight is 410 g/mol. The minimum absolute atomic E-state index is 0.231. The number of carbonyl (C=O) groups is 2. The van der Waals surface area contributed by atoms with Crippen LogP contribution in [0.5, 0.6) is 5.75 Å². The summed E-state index contributed by atoms with van der Waals surface area (Å²) in [6.45, 7) is 1.88. The zero-order valence-corrected chi connectivity index (χ0v) is 17.1. The number of amides is 2. The first-order chi connectivity index (χ1) is 14.1. The van der Waals surface area contributed by atoms with E-state index in [1.165, 1.54) is 9.71 Å². The summed E-state index contributed by atoms with van der Waals surface area (Å²) in [7, 11) is 1.57. The van der Waals surface area contributed by atoms with Crippen molar-refractivity contribution in [2.45, 2.75) is 18.8 Å². The minimum atomic E-state index is -0.387. The minimum Gasteiger partial charge on any atom is -0.497 e. The second kappa shape index (κ2) is 8.71. The summed E-state index contributed by atoms with van der Waals surface area (Å²) in [5.74, 6) is 0.447. The van der Waals surface area contributed by atoms with Crippen LogP contribution < -0.4 is 10.1 Å². The summed E-state index contributed by atoms with van der Waals surface area (Å²) in [4.78, 5) is 31.4. The number of rotatable bonds is 5. The fourth-order valence-corrected chi connectivity index (χ4v) is 4.72. The lowest BCUT2D eigenvalue weighted by molar-refractivity contribution is -0.121. The number of benzene rings is 2. The van der Waals surface area contributed by atoms with Crippen molar-refractivity contribution in [2.75, 3.05) is 26.7 Å². The van der Waals surface area contributed by atoms with E-state index in [9.17, 15) is 9.59 Å². The van der Waals surface area contributed by atoms with E-state index in [2.05, 4.69) is 22.3 Å². The van der Waals surface area contributed by atoms with Crippen molar-refractivity contribution in [3.63, 3.8) is 0 Å². The molecule has 6 nitrogen and oxygen atoms in total. The number of imide groups is 1. The molecule has 1 aliphatic rings. The third-order valence-corrected chi connectivity index (χ3v) is 6.42. The van der Waals surface area contributed by atoms with Crippen LogP contribution in [0.3, 0.4) is 0 Å². The highest BCUT2D eigenvalue weighted by molar-refractivity contribution is 7.18. The third-order valence-electron chi connectivity index (χ3n) is 5.22. The molecule has 0 saturated carbocycles. The molecule has 150 valence electrons. The van der Waals surface area contributed by atoms with Gasteiger partial charge in [-0.05, 0) is 62.3 Å². The maximum absolute atomic E-state index is 12.3. The quantitative estimate of drug-likeness (QED) is 0.699. The molecule has 1 aliphatic heterocycles. The second-order valence-electron chi connectivity index (χ2n) is 7.18. The Labute approximate surface area is 173 Å². The zero-order chi connectivity index (χ0) is 20.2. The Morgan fingerprint density at radius 2 is 1.86 bits per heavy atom. The van der Waals surface area contributed by atoms with Crippen molar-refractivity contribution in [1.29, 1.82) is 0 Å². The van der Waals surface area contributed by atoms with Crippen LogP contribution in [0.25, 0.3) is 10.2 Å². The lowest BCUT2D eigenvalue weighted by Crippen LogP contribution is -2.43. The van der Waals surface area contributed by atoms with Gasteiger partial charge in [0, 0.05) is 11.5 Å². The van der Waals surface area contributed by atoms with Gasteiger partial charge in [-0.15, -0.1) is 11.3 Å². The van der Waals surface area contributed by atoms with Gasteiger partial charge >= 0.3 is 0 Å². The Hall–Kier alpha value is -2.77. The lowest BCUT2D eigenvalue weighted by Gasteiger charge is -2.30. The number of fused-ring (bicyclic) bond motifs is 1. The van der Waals surface area contributed by atoms with Crippen molar-refractivity contribution in [2.24, 2.45) is 0 Å². The first-order valence-corrected chi connectivity index (χ1v) is 10.5. The zero-order valence-electron chi connectivity index (χ0n) is 16.3. The number of aromatic nitrogens is 1. The largest absolute Gasteiger partial charge is 0.497 e. The Morgan fingerprint density at radius 3 is 2.55 bits per heavy atom. The number of thiazole rings is 1. The average Bonchev–Trinajstić information content (AvgIpc) is 3.18.